The molecule has 0 fully saturated rings. The highest BCUT2D eigenvalue weighted by Crippen LogP contribution is 2.40. The second-order valence-corrected chi connectivity index (χ2v) is 7.01. The molecule has 0 saturated heterocycles. The van der Waals surface area contributed by atoms with Gasteiger partial charge >= 0.3 is 5.97 Å². The van der Waals surface area contributed by atoms with Crippen LogP contribution in [-0.2, 0) is 9.53 Å². The van der Waals surface area contributed by atoms with Gasteiger partial charge in [-0.15, -0.1) is 0 Å². The molecular formula is C23H27NO6. The van der Waals surface area contributed by atoms with Gasteiger partial charge in [0.2, 0.25) is 5.75 Å². The number of methoxy groups -OCH3 is 1. The lowest BCUT2D eigenvalue weighted by atomic mass is 10.0. The van der Waals surface area contributed by atoms with E-state index >= 15 is 0 Å². The van der Waals surface area contributed by atoms with Crippen LogP contribution in [0.25, 0.3) is 0 Å². The zero-order valence-electron chi connectivity index (χ0n) is 17.5. The van der Waals surface area contributed by atoms with Gasteiger partial charge in [-0.25, -0.2) is 4.79 Å². The maximum atomic E-state index is 12.7. The molecule has 1 amide bonds. The van der Waals surface area contributed by atoms with E-state index in [0.29, 0.717) is 30.5 Å². The van der Waals surface area contributed by atoms with Crippen molar-refractivity contribution in [2.24, 2.45) is 0 Å². The number of hydrogen-bond donors (Lipinski definition) is 1. The summed E-state index contributed by atoms with van der Waals surface area (Å²) in [5, 5.41) is 2.98. The number of fused-ring (bicyclic) bond motifs is 1. The molecule has 3 rings (SSSR count). The van der Waals surface area contributed by atoms with E-state index in [2.05, 4.69) is 12.2 Å². The SMILES string of the molecule is CCC[C@@H](NC(=O)[C@@H](C)OC(=O)c1cc(OC)c2c(c1)OCCO2)c1ccccc1. The Morgan fingerprint density at radius 2 is 1.87 bits per heavy atom. The van der Waals surface area contributed by atoms with Crippen molar-refractivity contribution in [2.75, 3.05) is 20.3 Å². The molecule has 1 aliphatic heterocycles. The van der Waals surface area contributed by atoms with E-state index in [1.54, 1.807) is 6.92 Å². The molecule has 0 aromatic heterocycles. The highest BCUT2D eigenvalue weighted by molar-refractivity contribution is 5.93. The minimum atomic E-state index is -0.959. The molecule has 2 atom stereocenters. The largest absolute Gasteiger partial charge is 0.493 e. The minimum Gasteiger partial charge on any atom is -0.493 e. The fourth-order valence-electron chi connectivity index (χ4n) is 3.26. The van der Waals surface area contributed by atoms with Gasteiger partial charge in [-0.3, -0.25) is 4.79 Å². The number of esters is 1. The van der Waals surface area contributed by atoms with Gasteiger partial charge in [-0.05, 0) is 31.0 Å². The maximum Gasteiger partial charge on any atom is 0.339 e. The van der Waals surface area contributed by atoms with Crippen LogP contribution >= 0.6 is 0 Å². The summed E-state index contributed by atoms with van der Waals surface area (Å²) in [7, 11) is 1.48. The molecule has 0 unspecified atom stereocenters. The first-order chi connectivity index (χ1) is 14.5. The minimum absolute atomic E-state index is 0.140. The Labute approximate surface area is 176 Å². The van der Waals surface area contributed by atoms with Gasteiger partial charge < -0.3 is 24.3 Å². The van der Waals surface area contributed by atoms with Crippen LogP contribution in [-0.4, -0.2) is 38.3 Å². The molecule has 0 bridgehead atoms. The van der Waals surface area contributed by atoms with Gasteiger partial charge in [0.05, 0.1) is 18.7 Å². The Morgan fingerprint density at radius 3 is 2.57 bits per heavy atom. The second kappa shape index (κ2) is 10.0. The van der Waals surface area contributed by atoms with Crippen molar-refractivity contribution in [3.63, 3.8) is 0 Å². The van der Waals surface area contributed by atoms with Crippen molar-refractivity contribution in [3.05, 3.63) is 53.6 Å². The number of amides is 1. The normalized spacial score (nSPS) is 14.4. The quantitative estimate of drug-likeness (QED) is 0.665. The van der Waals surface area contributed by atoms with Gasteiger partial charge in [0.15, 0.2) is 17.6 Å². The summed E-state index contributed by atoms with van der Waals surface area (Å²) in [6.45, 7) is 4.40. The molecule has 0 saturated carbocycles. The Balaban J connectivity index is 1.68. The van der Waals surface area contributed by atoms with E-state index in [9.17, 15) is 9.59 Å². The Kier molecular flexibility index (Phi) is 7.17. The molecule has 30 heavy (non-hydrogen) atoms. The fourth-order valence-corrected chi connectivity index (χ4v) is 3.26. The summed E-state index contributed by atoms with van der Waals surface area (Å²) in [5.74, 6) is 0.256. The third-order valence-electron chi connectivity index (χ3n) is 4.81. The van der Waals surface area contributed by atoms with Gasteiger partial charge in [0.25, 0.3) is 5.91 Å². The number of ether oxygens (including phenoxy) is 4. The van der Waals surface area contributed by atoms with Crippen molar-refractivity contribution in [3.8, 4) is 17.2 Å². The number of rotatable bonds is 8. The molecule has 2 aromatic rings. The molecule has 0 spiro atoms. The molecule has 1 N–H and O–H groups in total. The average molecular weight is 413 g/mol. The maximum absolute atomic E-state index is 12.7. The number of carbonyl (C=O) groups is 2. The number of nitrogens with one attached hydrogen (secondary N) is 1. The highest BCUT2D eigenvalue weighted by Gasteiger charge is 2.25. The lowest BCUT2D eigenvalue weighted by Crippen LogP contribution is -2.38. The van der Waals surface area contributed by atoms with E-state index in [1.165, 1.54) is 19.2 Å². The summed E-state index contributed by atoms with van der Waals surface area (Å²) in [5.41, 5.74) is 1.24. The van der Waals surface area contributed by atoms with Crippen LogP contribution in [0.2, 0.25) is 0 Å². The Morgan fingerprint density at radius 1 is 1.13 bits per heavy atom. The van der Waals surface area contributed by atoms with E-state index in [-0.39, 0.29) is 17.5 Å². The molecule has 1 heterocycles. The smallest absolute Gasteiger partial charge is 0.339 e. The van der Waals surface area contributed by atoms with Crippen LogP contribution in [0.1, 0.15) is 48.7 Å². The number of carbonyl (C=O) groups excluding carboxylic acids is 2. The monoisotopic (exact) mass is 413 g/mol. The predicted molar refractivity (Wildman–Crippen MR) is 111 cm³/mol. The molecule has 160 valence electrons. The van der Waals surface area contributed by atoms with Crippen LogP contribution in [0.5, 0.6) is 17.2 Å². The summed E-state index contributed by atoms with van der Waals surface area (Å²) in [6, 6.07) is 12.7. The van der Waals surface area contributed by atoms with Crippen LogP contribution in [0.3, 0.4) is 0 Å². The second-order valence-electron chi connectivity index (χ2n) is 7.01. The van der Waals surface area contributed by atoms with Gasteiger partial charge in [0, 0.05) is 0 Å². The van der Waals surface area contributed by atoms with E-state index < -0.39 is 12.1 Å². The van der Waals surface area contributed by atoms with Crippen molar-refractivity contribution in [1.29, 1.82) is 0 Å². The molecule has 7 nitrogen and oxygen atoms in total. The zero-order chi connectivity index (χ0) is 21.5. The fraction of sp³-hybridized carbons (Fsp3) is 0.391. The van der Waals surface area contributed by atoms with Crippen LogP contribution in [0, 0.1) is 0 Å². The average Bonchev–Trinajstić information content (AvgIpc) is 2.78. The third kappa shape index (κ3) is 5.03. The first-order valence-electron chi connectivity index (χ1n) is 10.1. The molecule has 0 radical (unpaired) electrons. The molecular weight excluding hydrogens is 386 g/mol. The topological polar surface area (TPSA) is 83.1 Å². The first-order valence-corrected chi connectivity index (χ1v) is 10.1. The van der Waals surface area contributed by atoms with E-state index in [1.807, 2.05) is 30.3 Å². The van der Waals surface area contributed by atoms with Crippen LogP contribution in [0.15, 0.2) is 42.5 Å². The summed E-state index contributed by atoms with van der Waals surface area (Å²) in [4.78, 5) is 25.3. The van der Waals surface area contributed by atoms with Crippen molar-refractivity contribution in [2.45, 2.75) is 38.8 Å². The third-order valence-corrected chi connectivity index (χ3v) is 4.81. The van der Waals surface area contributed by atoms with Crippen LogP contribution < -0.4 is 19.5 Å². The molecule has 1 aliphatic rings. The van der Waals surface area contributed by atoms with Crippen molar-refractivity contribution < 1.29 is 28.5 Å². The van der Waals surface area contributed by atoms with Crippen LogP contribution in [0.4, 0.5) is 0 Å². The lowest BCUT2D eigenvalue weighted by molar-refractivity contribution is -0.129. The molecule has 2 aromatic carbocycles. The van der Waals surface area contributed by atoms with Gasteiger partial charge in [-0.2, -0.15) is 0 Å². The van der Waals surface area contributed by atoms with Gasteiger partial charge in [-0.1, -0.05) is 43.7 Å². The summed E-state index contributed by atoms with van der Waals surface area (Å²) < 4.78 is 21.8. The number of hydrogen-bond acceptors (Lipinski definition) is 6. The summed E-state index contributed by atoms with van der Waals surface area (Å²) >= 11 is 0. The van der Waals surface area contributed by atoms with E-state index in [0.717, 1.165) is 18.4 Å². The van der Waals surface area contributed by atoms with Crippen molar-refractivity contribution >= 4 is 11.9 Å². The predicted octanol–water partition coefficient (Wildman–Crippen LogP) is 3.67. The Bertz CT molecular complexity index is 866. The molecule has 7 heteroatoms. The zero-order valence-corrected chi connectivity index (χ0v) is 17.5. The van der Waals surface area contributed by atoms with Crippen molar-refractivity contribution in [1.82, 2.24) is 5.32 Å². The lowest BCUT2D eigenvalue weighted by Gasteiger charge is -2.22. The van der Waals surface area contributed by atoms with Gasteiger partial charge in [0.1, 0.15) is 13.2 Å². The summed E-state index contributed by atoms with van der Waals surface area (Å²) in [6.07, 6.45) is 0.737. The number of benzene rings is 2. The Hall–Kier alpha value is -3.22. The standard InChI is InChI=1S/C23H27NO6/c1-4-8-18(16-9-6-5-7-10-16)24-22(25)15(2)30-23(26)17-13-19(27-3)21-20(14-17)28-11-12-29-21/h5-7,9-10,13-15,18H,4,8,11-12H2,1-3H3,(H,24,25)/t15-,18-/m1/s1. The van der Waals surface area contributed by atoms with E-state index in [4.69, 9.17) is 18.9 Å². The molecule has 0 aliphatic carbocycles. The first kappa shape index (κ1) is 21.5. The highest BCUT2D eigenvalue weighted by atomic mass is 16.6.